The highest BCUT2D eigenvalue weighted by Gasteiger charge is 2.29. The molecule has 0 aliphatic heterocycles. The van der Waals surface area contributed by atoms with E-state index in [2.05, 4.69) is 9.82 Å². The molecule has 8 nitrogen and oxygen atoms in total. The van der Waals surface area contributed by atoms with Crippen LogP contribution in [0.25, 0.3) is 0 Å². The molecule has 27 heavy (non-hydrogen) atoms. The SMILES string of the molecule is CCOCC(Cc1ccc(F)cc1F)NS(=O)(=O)c1cnn(C)c1C(=O)O. The fourth-order valence-corrected chi connectivity index (χ4v) is 3.87. The molecule has 0 spiro atoms. The first-order valence-electron chi connectivity index (χ1n) is 7.95. The van der Waals surface area contributed by atoms with E-state index in [1.54, 1.807) is 6.92 Å². The van der Waals surface area contributed by atoms with E-state index in [0.29, 0.717) is 6.07 Å². The Morgan fingerprint density at radius 2 is 2.11 bits per heavy atom. The maximum atomic E-state index is 13.9. The van der Waals surface area contributed by atoms with Crippen molar-refractivity contribution >= 4 is 16.0 Å². The summed E-state index contributed by atoms with van der Waals surface area (Å²) >= 11 is 0. The van der Waals surface area contributed by atoms with E-state index in [0.717, 1.165) is 16.9 Å². The van der Waals surface area contributed by atoms with Gasteiger partial charge >= 0.3 is 5.97 Å². The monoisotopic (exact) mass is 403 g/mol. The van der Waals surface area contributed by atoms with Crippen molar-refractivity contribution in [1.82, 2.24) is 14.5 Å². The second-order valence-corrected chi connectivity index (χ2v) is 7.39. The van der Waals surface area contributed by atoms with Crippen molar-refractivity contribution < 1.29 is 31.8 Å². The minimum atomic E-state index is -4.28. The first-order chi connectivity index (χ1) is 12.7. The predicted molar refractivity (Wildman–Crippen MR) is 90.8 cm³/mol. The Balaban J connectivity index is 2.30. The summed E-state index contributed by atoms with van der Waals surface area (Å²) in [5.41, 5.74) is -0.418. The molecule has 0 aliphatic carbocycles. The first kappa shape index (κ1) is 20.9. The quantitative estimate of drug-likeness (QED) is 0.653. The Labute approximate surface area is 154 Å². The Morgan fingerprint density at radius 1 is 1.41 bits per heavy atom. The number of aromatic nitrogens is 2. The van der Waals surface area contributed by atoms with E-state index < -0.39 is 44.3 Å². The van der Waals surface area contributed by atoms with E-state index in [1.807, 2.05) is 0 Å². The Hall–Kier alpha value is -2.37. The molecule has 0 saturated carbocycles. The fraction of sp³-hybridized carbons (Fsp3) is 0.375. The molecule has 1 heterocycles. The molecule has 11 heteroatoms. The third-order valence-electron chi connectivity index (χ3n) is 3.72. The van der Waals surface area contributed by atoms with Gasteiger partial charge < -0.3 is 9.84 Å². The van der Waals surface area contributed by atoms with Crippen LogP contribution in [0.2, 0.25) is 0 Å². The van der Waals surface area contributed by atoms with Gasteiger partial charge in [-0.1, -0.05) is 6.07 Å². The summed E-state index contributed by atoms with van der Waals surface area (Å²) < 4.78 is 60.7. The molecule has 0 fully saturated rings. The maximum absolute atomic E-state index is 13.9. The molecule has 0 aliphatic rings. The highest BCUT2D eigenvalue weighted by Crippen LogP contribution is 2.17. The van der Waals surface area contributed by atoms with Gasteiger partial charge in [-0.25, -0.2) is 26.7 Å². The number of sulfonamides is 1. The molecule has 2 N–H and O–H groups in total. The Kier molecular flexibility index (Phi) is 6.63. The topological polar surface area (TPSA) is 111 Å². The van der Waals surface area contributed by atoms with Crippen LogP contribution in [-0.2, 0) is 28.2 Å². The summed E-state index contributed by atoms with van der Waals surface area (Å²) in [6.07, 6.45) is 0.802. The third-order valence-corrected chi connectivity index (χ3v) is 5.25. The number of aryl methyl sites for hydroxylation is 1. The van der Waals surface area contributed by atoms with Crippen LogP contribution in [0.4, 0.5) is 8.78 Å². The molecule has 2 rings (SSSR count). The molecule has 0 bridgehead atoms. The van der Waals surface area contributed by atoms with Gasteiger partial charge in [0.05, 0.1) is 12.8 Å². The van der Waals surface area contributed by atoms with Gasteiger partial charge in [0.1, 0.15) is 16.5 Å². The van der Waals surface area contributed by atoms with Crippen LogP contribution in [0.15, 0.2) is 29.3 Å². The van der Waals surface area contributed by atoms with Gasteiger partial charge in [-0.15, -0.1) is 0 Å². The largest absolute Gasteiger partial charge is 0.476 e. The zero-order chi connectivity index (χ0) is 20.2. The fourth-order valence-electron chi connectivity index (χ4n) is 2.49. The number of ether oxygens (including phenoxy) is 1. The predicted octanol–water partition coefficient (Wildman–Crippen LogP) is 1.32. The molecule has 1 atom stereocenters. The number of carbonyl (C=O) groups is 1. The highest BCUT2D eigenvalue weighted by molar-refractivity contribution is 7.89. The van der Waals surface area contributed by atoms with Crippen LogP contribution >= 0.6 is 0 Å². The van der Waals surface area contributed by atoms with Crippen LogP contribution in [0.5, 0.6) is 0 Å². The summed E-state index contributed by atoms with van der Waals surface area (Å²) in [5.74, 6) is -3.02. The number of carboxylic acids is 1. The third kappa shape index (κ3) is 5.08. The molecule has 1 unspecified atom stereocenters. The molecule has 1 aromatic heterocycles. The lowest BCUT2D eigenvalue weighted by molar-refractivity contribution is 0.0680. The van der Waals surface area contributed by atoms with Crippen molar-refractivity contribution in [2.45, 2.75) is 24.3 Å². The van der Waals surface area contributed by atoms with Gasteiger partial charge in [-0.05, 0) is 25.0 Å². The maximum Gasteiger partial charge on any atom is 0.355 e. The molecular formula is C16H19F2N3O5S. The number of carboxylic acid groups (broad SMARTS) is 1. The number of hydrogen-bond acceptors (Lipinski definition) is 5. The highest BCUT2D eigenvalue weighted by atomic mass is 32.2. The van der Waals surface area contributed by atoms with E-state index in [1.165, 1.54) is 13.1 Å². The van der Waals surface area contributed by atoms with Crippen molar-refractivity contribution in [3.05, 3.63) is 47.3 Å². The normalized spacial score (nSPS) is 12.9. The Morgan fingerprint density at radius 3 is 2.70 bits per heavy atom. The minimum absolute atomic E-state index is 0.0881. The summed E-state index contributed by atoms with van der Waals surface area (Å²) in [5, 5.41) is 12.9. The average molecular weight is 403 g/mol. The van der Waals surface area contributed by atoms with E-state index in [-0.39, 0.29) is 25.2 Å². The summed E-state index contributed by atoms with van der Waals surface area (Å²) in [6.45, 7) is 1.90. The summed E-state index contributed by atoms with van der Waals surface area (Å²) in [4.78, 5) is 10.8. The van der Waals surface area contributed by atoms with Crippen molar-refractivity contribution in [1.29, 1.82) is 0 Å². The number of rotatable bonds is 9. The lowest BCUT2D eigenvalue weighted by Crippen LogP contribution is -2.40. The molecule has 0 amide bonds. The van der Waals surface area contributed by atoms with Gasteiger partial charge in [0.2, 0.25) is 10.0 Å². The standard InChI is InChI=1S/C16H19F2N3O5S/c1-3-26-9-12(6-10-4-5-11(17)7-13(10)18)20-27(24,25)14-8-19-21(2)15(14)16(22)23/h4-5,7-8,12,20H,3,6,9H2,1-2H3,(H,22,23). The van der Waals surface area contributed by atoms with E-state index in [9.17, 15) is 27.1 Å². The van der Waals surface area contributed by atoms with Crippen molar-refractivity contribution in [2.75, 3.05) is 13.2 Å². The lowest BCUT2D eigenvalue weighted by atomic mass is 10.1. The van der Waals surface area contributed by atoms with Crippen LogP contribution in [0.3, 0.4) is 0 Å². The van der Waals surface area contributed by atoms with Gasteiger partial charge in [0.25, 0.3) is 0 Å². The molecule has 1 aromatic carbocycles. The number of nitrogens with zero attached hydrogens (tertiary/aromatic N) is 2. The molecule has 0 radical (unpaired) electrons. The Bertz CT molecular complexity index is 930. The lowest BCUT2D eigenvalue weighted by Gasteiger charge is -2.19. The zero-order valence-electron chi connectivity index (χ0n) is 14.6. The van der Waals surface area contributed by atoms with Gasteiger partial charge in [-0.3, -0.25) is 4.68 Å². The van der Waals surface area contributed by atoms with Crippen molar-refractivity contribution in [3.8, 4) is 0 Å². The summed E-state index contributed by atoms with van der Waals surface area (Å²) in [7, 11) is -2.98. The number of nitrogens with one attached hydrogen (secondary N) is 1. The van der Waals surface area contributed by atoms with Crippen LogP contribution < -0.4 is 4.72 Å². The number of aromatic carboxylic acids is 1. The zero-order valence-corrected chi connectivity index (χ0v) is 15.5. The van der Waals surface area contributed by atoms with Gasteiger partial charge in [0.15, 0.2) is 5.69 Å². The molecule has 0 saturated heterocycles. The average Bonchev–Trinajstić information content (AvgIpc) is 2.97. The van der Waals surface area contributed by atoms with Crippen molar-refractivity contribution in [3.63, 3.8) is 0 Å². The first-order valence-corrected chi connectivity index (χ1v) is 9.43. The smallest absolute Gasteiger partial charge is 0.355 e. The van der Waals surface area contributed by atoms with Gasteiger partial charge in [-0.2, -0.15) is 5.10 Å². The second kappa shape index (κ2) is 8.55. The second-order valence-electron chi connectivity index (χ2n) is 5.70. The molecular weight excluding hydrogens is 384 g/mol. The number of hydrogen-bond donors (Lipinski definition) is 2. The van der Waals surface area contributed by atoms with Crippen LogP contribution in [-0.4, -0.2) is 48.5 Å². The molecule has 148 valence electrons. The van der Waals surface area contributed by atoms with Crippen molar-refractivity contribution in [2.24, 2.45) is 7.05 Å². The van der Waals surface area contributed by atoms with Crippen LogP contribution in [0, 0.1) is 11.6 Å². The summed E-state index contributed by atoms with van der Waals surface area (Å²) in [6, 6.07) is 2.07. The molecule has 2 aromatic rings. The minimum Gasteiger partial charge on any atom is -0.476 e. The van der Waals surface area contributed by atoms with Gasteiger partial charge in [0, 0.05) is 25.8 Å². The van der Waals surface area contributed by atoms with E-state index in [4.69, 9.17) is 4.74 Å². The van der Waals surface area contributed by atoms with E-state index >= 15 is 0 Å². The van der Waals surface area contributed by atoms with Crippen LogP contribution in [0.1, 0.15) is 23.0 Å². The number of halogens is 2. The number of benzene rings is 1.